The van der Waals surface area contributed by atoms with Crippen LogP contribution in [0.3, 0.4) is 0 Å². The number of aromatic nitrogens is 1. The van der Waals surface area contributed by atoms with Crippen LogP contribution in [-0.2, 0) is 16.6 Å². The zero-order valence-corrected chi connectivity index (χ0v) is 18.4. The second kappa shape index (κ2) is 8.26. The third kappa shape index (κ3) is 3.70. The number of hydrogen-bond donors (Lipinski definition) is 0. The van der Waals surface area contributed by atoms with Crippen molar-refractivity contribution in [2.75, 3.05) is 20.3 Å². The molecule has 5 rings (SSSR count). The first kappa shape index (κ1) is 20.5. The number of ether oxygens (including phenoxy) is 2. The van der Waals surface area contributed by atoms with Crippen LogP contribution in [0.4, 0.5) is 0 Å². The minimum Gasteiger partial charge on any atom is -0.493 e. The molecule has 7 heteroatoms. The van der Waals surface area contributed by atoms with Crippen LogP contribution in [0.2, 0.25) is 0 Å². The third-order valence-corrected chi connectivity index (χ3v) is 7.45. The number of rotatable bonds is 4. The minimum absolute atomic E-state index is 0.192. The Morgan fingerprint density at radius 1 is 0.969 bits per heavy atom. The highest BCUT2D eigenvalue weighted by molar-refractivity contribution is 7.89. The van der Waals surface area contributed by atoms with Gasteiger partial charge in [0, 0.05) is 35.8 Å². The molecule has 3 aromatic carbocycles. The van der Waals surface area contributed by atoms with E-state index in [2.05, 4.69) is 11.1 Å². The molecule has 0 spiro atoms. The zero-order valence-electron chi connectivity index (χ0n) is 17.6. The molecule has 162 valence electrons. The summed E-state index contributed by atoms with van der Waals surface area (Å²) in [4.78, 5) is 4.83. The van der Waals surface area contributed by atoms with E-state index in [9.17, 15) is 8.42 Å². The molecule has 2 heterocycles. The first-order chi connectivity index (χ1) is 15.6. The Morgan fingerprint density at radius 2 is 1.75 bits per heavy atom. The van der Waals surface area contributed by atoms with E-state index in [1.807, 2.05) is 42.6 Å². The smallest absolute Gasteiger partial charge is 0.243 e. The third-order valence-electron chi connectivity index (χ3n) is 5.59. The van der Waals surface area contributed by atoms with Crippen molar-refractivity contribution < 1.29 is 17.9 Å². The lowest BCUT2D eigenvalue weighted by molar-refractivity contribution is 0.279. The highest BCUT2D eigenvalue weighted by atomic mass is 32.2. The molecule has 0 bridgehead atoms. The molecule has 1 aliphatic heterocycles. The largest absolute Gasteiger partial charge is 0.493 e. The number of sulfonamides is 1. The molecule has 0 saturated carbocycles. The van der Waals surface area contributed by atoms with Gasteiger partial charge in [0.1, 0.15) is 6.61 Å². The summed E-state index contributed by atoms with van der Waals surface area (Å²) in [5, 5.41) is 1.03. The van der Waals surface area contributed by atoms with E-state index in [0.29, 0.717) is 11.5 Å². The van der Waals surface area contributed by atoms with Crippen molar-refractivity contribution in [1.29, 1.82) is 0 Å². The molecule has 32 heavy (non-hydrogen) atoms. The molecule has 1 aliphatic rings. The highest BCUT2D eigenvalue weighted by Crippen LogP contribution is 2.39. The second-order valence-corrected chi connectivity index (χ2v) is 9.52. The number of para-hydroxylation sites is 1. The van der Waals surface area contributed by atoms with Crippen LogP contribution in [0.5, 0.6) is 11.5 Å². The maximum atomic E-state index is 13.2. The van der Waals surface area contributed by atoms with Crippen molar-refractivity contribution in [2.45, 2.75) is 11.4 Å². The van der Waals surface area contributed by atoms with Crippen molar-refractivity contribution >= 4 is 20.9 Å². The SMILES string of the molecule is COc1cc(-c2cnc3ccccc3c2)cc2c1OCCN(S(=O)(=O)c1ccccc1)C2. The molecule has 0 fully saturated rings. The van der Waals surface area contributed by atoms with Crippen LogP contribution in [0, 0.1) is 0 Å². The van der Waals surface area contributed by atoms with Gasteiger partial charge in [0.25, 0.3) is 0 Å². The molecule has 0 unspecified atom stereocenters. The fourth-order valence-corrected chi connectivity index (χ4v) is 5.38. The van der Waals surface area contributed by atoms with Crippen LogP contribution in [0.15, 0.2) is 83.9 Å². The molecule has 0 atom stereocenters. The molecular weight excluding hydrogens is 424 g/mol. The van der Waals surface area contributed by atoms with Gasteiger partial charge in [-0.1, -0.05) is 36.4 Å². The van der Waals surface area contributed by atoms with Crippen molar-refractivity contribution in [3.8, 4) is 22.6 Å². The Kier molecular flexibility index (Phi) is 5.28. The van der Waals surface area contributed by atoms with Gasteiger partial charge in [-0.25, -0.2) is 8.42 Å². The summed E-state index contributed by atoms with van der Waals surface area (Å²) >= 11 is 0. The molecular formula is C25H22N2O4S. The molecule has 0 N–H and O–H groups in total. The van der Waals surface area contributed by atoms with Crippen molar-refractivity contribution in [1.82, 2.24) is 9.29 Å². The predicted molar refractivity (Wildman–Crippen MR) is 123 cm³/mol. The normalized spacial score (nSPS) is 14.4. The quantitative estimate of drug-likeness (QED) is 0.462. The van der Waals surface area contributed by atoms with E-state index in [0.717, 1.165) is 27.6 Å². The first-order valence-electron chi connectivity index (χ1n) is 10.3. The van der Waals surface area contributed by atoms with E-state index in [4.69, 9.17) is 9.47 Å². The van der Waals surface area contributed by atoms with Crippen LogP contribution in [-0.4, -0.2) is 38.0 Å². The van der Waals surface area contributed by atoms with Crippen molar-refractivity contribution in [3.05, 3.63) is 84.6 Å². The summed E-state index contributed by atoms with van der Waals surface area (Å²) < 4.78 is 39.5. The number of benzene rings is 3. The Morgan fingerprint density at radius 3 is 2.56 bits per heavy atom. The predicted octanol–water partition coefficient (Wildman–Crippen LogP) is 4.49. The Balaban J connectivity index is 1.58. The average molecular weight is 447 g/mol. The molecule has 0 radical (unpaired) electrons. The minimum atomic E-state index is -3.65. The number of pyridine rings is 1. The Hall–Kier alpha value is -3.42. The van der Waals surface area contributed by atoms with Crippen LogP contribution < -0.4 is 9.47 Å². The summed E-state index contributed by atoms with van der Waals surface area (Å²) in [6, 6.07) is 22.3. The van der Waals surface area contributed by atoms with E-state index >= 15 is 0 Å². The van der Waals surface area contributed by atoms with Crippen LogP contribution >= 0.6 is 0 Å². The van der Waals surface area contributed by atoms with Crippen molar-refractivity contribution in [2.24, 2.45) is 0 Å². The van der Waals surface area contributed by atoms with Gasteiger partial charge in [-0.2, -0.15) is 4.31 Å². The van der Waals surface area contributed by atoms with Gasteiger partial charge in [0.05, 0.1) is 17.5 Å². The summed E-state index contributed by atoms with van der Waals surface area (Å²) in [7, 11) is -2.07. The molecule has 0 aliphatic carbocycles. The standard InChI is InChI=1S/C25H22N2O4S/c1-30-24-15-19(20-13-18-7-5-6-10-23(18)26-16-20)14-21-17-27(11-12-31-25(21)24)32(28,29)22-8-3-2-4-9-22/h2-10,13-16H,11-12,17H2,1H3. The molecule has 4 aromatic rings. The summed E-state index contributed by atoms with van der Waals surface area (Å²) in [5.41, 5.74) is 3.49. The first-order valence-corrected chi connectivity index (χ1v) is 11.7. The number of methoxy groups -OCH3 is 1. The van der Waals surface area contributed by atoms with Gasteiger partial charge < -0.3 is 9.47 Å². The molecule has 1 aromatic heterocycles. The maximum absolute atomic E-state index is 13.2. The van der Waals surface area contributed by atoms with Gasteiger partial charge in [0.2, 0.25) is 10.0 Å². The fraction of sp³-hybridized carbons (Fsp3) is 0.160. The van der Waals surface area contributed by atoms with E-state index < -0.39 is 10.0 Å². The molecule has 0 amide bonds. The summed E-state index contributed by atoms with van der Waals surface area (Å²) in [5.74, 6) is 1.15. The van der Waals surface area contributed by atoms with Crippen molar-refractivity contribution in [3.63, 3.8) is 0 Å². The average Bonchev–Trinajstić information content (AvgIpc) is 3.07. The van der Waals surface area contributed by atoms with Crippen LogP contribution in [0.25, 0.3) is 22.0 Å². The number of nitrogens with zero attached hydrogens (tertiary/aromatic N) is 2. The lowest BCUT2D eigenvalue weighted by atomic mass is 10.0. The van der Waals surface area contributed by atoms with E-state index in [1.165, 1.54) is 4.31 Å². The van der Waals surface area contributed by atoms with Gasteiger partial charge in [-0.3, -0.25) is 4.98 Å². The number of hydrogen-bond acceptors (Lipinski definition) is 5. The highest BCUT2D eigenvalue weighted by Gasteiger charge is 2.29. The monoisotopic (exact) mass is 446 g/mol. The number of fused-ring (bicyclic) bond motifs is 2. The maximum Gasteiger partial charge on any atom is 0.243 e. The van der Waals surface area contributed by atoms with E-state index in [-0.39, 0.29) is 24.6 Å². The second-order valence-electron chi connectivity index (χ2n) is 7.58. The van der Waals surface area contributed by atoms with E-state index in [1.54, 1.807) is 37.4 Å². The van der Waals surface area contributed by atoms with Gasteiger partial charge in [0.15, 0.2) is 11.5 Å². The summed E-state index contributed by atoms with van der Waals surface area (Å²) in [6.07, 6.45) is 1.82. The topological polar surface area (TPSA) is 68.7 Å². The fourth-order valence-electron chi connectivity index (χ4n) is 3.95. The zero-order chi connectivity index (χ0) is 22.1. The lowest BCUT2D eigenvalue weighted by Crippen LogP contribution is -2.32. The van der Waals surface area contributed by atoms with Gasteiger partial charge in [-0.05, 0) is 42.0 Å². The van der Waals surface area contributed by atoms with Crippen LogP contribution in [0.1, 0.15) is 5.56 Å². The Bertz CT molecular complexity index is 1390. The summed E-state index contributed by atoms with van der Waals surface area (Å²) in [6.45, 7) is 0.687. The molecule has 6 nitrogen and oxygen atoms in total. The van der Waals surface area contributed by atoms with Gasteiger partial charge in [-0.15, -0.1) is 0 Å². The molecule has 0 saturated heterocycles. The Labute approximate surface area is 187 Å². The van der Waals surface area contributed by atoms with Gasteiger partial charge >= 0.3 is 0 Å². The lowest BCUT2D eigenvalue weighted by Gasteiger charge is -2.20.